The first-order valence-corrected chi connectivity index (χ1v) is 28.4. The van der Waals surface area contributed by atoms with Crippen molar-refractivity contribution in [2.45, 2.75) is 130 Å². The summed E-state index contributed by atoms with van der Waals surface area (Å²) < 4.78 is 251. The fraction of sp³-hybridized carbons (Fsp3) is 0.364. The summed E-state index contributed by atoms with van der Waals surface area (Å²) in [5, 5.41) is 15.8. The van der Waals surface area contributed by atoms with E-state index >= 15 is 0 Å². The number of amides is 6. The molecule has 13 nitrogen and oxygen atoms in total. The number of carbonyl (C=O) groups excluding carboxylic acids is 5. The number of ether oxygens (including phenoxy) is 3. The normalized spacial score (nSPS) is 21.7. The fourth-order valence-electron chi connectivity index (χ4n) is 12.4. The summed E-state index contributed by atoms with van der Waals surface area (Å²) in [6.45, 7) is 3.23. The van der Waals surface area contributed by atoms with Crippen molar-refractivity contribution in [3.63, 3.8) is 0 Å². The number of Topliss-reactive ketones (excluding diaryl/α,β-unsaturated/α-hetero) is 1. The van der Waals surface area contributed by atoms with Gasteiger partial charge in [-0.2, -0.15) is 79.0 Å². The molecule has 4 N–H and O–H groups in total. The van der Waals surface area contributed by atoms with E-state index in [0.717, 1.165) is 16.7 Å². The molecular weight excluding hydrogens is 1370 g/mol. The maximum Gasteiger partial charge on any atom is 1.00 e. The van der Waals surface area contributed by atoms with Crippen LogP contribution >= 0.6 is 0 Å². The average Bonchev–Trinajstić information content (AvgIpc) is 1.35. The second kappa shape index (κ2) is 30.2. The van der Waals surface area contributed by atoms with Crippen LogP contribution in [0.5, 0.6) is 0 Å². The van der Waals surface area contributed by atoms with E-state index in [1.807, 2.05) is 12.1 Å². The summed E-state index contributed by atoms with van der Waals surface area (Å²) in [4.78, 5) is 59.1. The summed E-state index contributed by atoms with van der Waals surface area (Å²) in [7, 11) is 0. The zero-order valence-corrected chi connectivity index (χ0v) is 53.5. The van der Waals surface area contributed by atoms with Crippen molar-refractivity contribution in [3.8, 4) is 0 Å². The van der Waals surface area contributed by atoms with Gasteiger partial charge in [-0.3, -0.25) is 25.0 Å². The molecule has 2 spiro atoms. The SMILES string of the molecule is C.O=C1CC(COCc2cc(C(F)(F)F)cc(C(F)(F)F)c2)(c2ccccc2)C1.O=C1NC(=O)C2(CC(COCc3cc(C(F)(F)F)cc(C(F)(F)F)c3)(c3ccccc3)C2)N1.O=C1NC(=O)C2(CC(COCc3cc(C(F)(F)F)cc(C(F)(F)F)c3)(c3ccccc3)C2)N1.[C-]#N.[K+]. The molecule has 3 aliphatic carbocycles. The molecule has 0 unspecified atom stereocenters. The second-order valence-electron chi connectivity index (χ2n) is 23.7. The van der Waals surface area contributed by atoms with Crippen molar-refractivity contribution in [1.82, 2.24) is 21.3 Å². The Bertz CT molecular complexity index is 3570. The largest absolute Gasteiger partial charge is 1.00 e. The first kappa shape index (κ1) is 79.6. The van der Waals surface area contributed by atoms with Gasteiger partial charge < -0.3 is 36.7 Å². The Balaban J connectivity index is 0.000000228. The third-order valence-electron chi connectivity index (χ3n) is 16.7. The molecule has 11 rings (SSSR count). The van der Waals surface area contributed by atoms with Gasteiger partial charge in [0.05, 0.1) is 73.0 Å². The van der Waals surface area contributed by atoms with E-state index in [0.29, 0.717) is 36.4 Å². The number of urea groups is 2. The van der Waals surface area contributed by atoms with Gasteiger partial charge in [0.1, 0.15) is 16.9 Å². The Morgan fingerprint density at radius 1 is 0.367 bits per heavy atom. The molecule has 5 fully saturated rings. The molecule has 0 bridgehead atoms. The van der Waals surface area contributed by atoms with E-state index in [9.17, 15) is 103 Å². The Kier molecular flexibility index (Phi) is 24.5. The van der Waals surface area contributed by atoms with Gasteiger partial charge in [-0.15, -0.1) is 0 Å². The minimum Gasteiger partial charge on any atom is -0.512 e. The third-order valence-corrected chi connectivity index (χ3v) is 16.7. The molecule has 0 radical (unpaired) electrons. The van der Waals surface area contributed by atoms with Gasteiger partial charge in [0.15, 0.2) is 0 Å². The summed E-state index contributed by atoms with van der Waals surface area (Å²) in [6.07, 6.45) is -28.4. The number of hydrogen-bond donors (Lipinski definition) is 4. The van der Waals surface area contributed by atoms with Crippen molar-refractivity contribution in [2.24, 2.45) is 0 Å². The molecule has 6 aromatic rings. The molecule has 6 aromatic carbocycles. The van der Waals surface area contributed by atoms with E-state index < -0.39 is 141 Å². The molecule has 5 aliphatic rings. The van der Waals surface area contributed by atoms with Crippen LogP contribution in [0.1, 0.15) is 113 Å². The number of carbonyl (C=O) groups is 5. The number of nitrogens with one attached hydrogen (secondary N) is 4. The molecule has 2 saturated heterocycles. The van der Waals surface area contributed by atoms with Crippen LogP contribution in [0.3, 0.4) is 0 Å². The number of hydrogen-bond acceptors (Lipinski definition) is 9. The number of halogens is 18. The third kappa shape index (κ3) is 18.5. The summed E-state index contributed by atoms with van der Waals surface area (Å²) >= 11 is 0. The van der Waals surface area contributed by atoms with Crippen LogP contribution in [0.25, 0.3) is 0 Å². The van der Waals surface area contributed by atoms with E-state index in [1.165, 1.54) is 0 Å². The van der Waals surface area contributed by atoms with Crippen molar-refractivity contribution >= 4 is 29.7 Å². The quantitative estimate of drug-likeness (QED) is 0.0336. The first-order valence-electron chi connectivity index (χ1n) is 28.4. The Hall–Kier alpha value is -7.38. The Morgan fingerprint density at radius 3 is 0.796 bits per heavy atom. The topological polar surface area (TPSA) is 185 Å². The van der Waals surface area contributed by atoms with E-state index in [2.05, 4.69) is 21.3 Å². The standard InChI is InChI=1S/2C22H18F6N2O3.C20H16F6O2.CN.CH4.K/c2*23-21(24,25)15-6-13(7-16(8-15)22(26,27)28)9-33-12-19(14-4-2-1-3-5-14)10-20(11-19)17(31)29-18(32)30-20;21-19(22,23)15-6-13(7-16(8-15)20(24,25)26)11-28-12-18(9-17(27)10-18)14-4-2-1-3-5-14;1-2;;/h2*1-8H,9-12H2,(H2,29,30,31,32);1-8H,9-12H2;;1H4;/q;;;-1;;+1. The van der Waals surface area contributed by atoms with Gasteiger partial charge in [-0.25, -0.2) is 9.59 Å². The predicted molar refractivity (Wildman–Crippen MR) is 306 cm³/mol. The molecular formula is C66H56F18KN5O8. The number of ketones is 1. The molecule has 0 atom stereocenters. The predicted octanol–water partition coefficient (Wildman–Crippen LogP) is 12.4. The molecule has 520 valence electrons. The minimum atomic E-state index is -4.95. The molecule has 32 heteroatoms. The number of nitrogens with zero attached hydrogens (tertiary/aromatic N) is 1. The maximum absolute atomic E-state index is 13.1. The van der Waals surface area contributed by atoms with Gasteiger partial charge in [0.25, 0.3) is 11.8 Å². The van der Waals surface area contributed by atoms with Gasteiger partial charge >= 0.3 is 101 Å². The number of imide groups is 2. The van der Waals surface area contributed by atoms with Crippen LogP contribution in [-0.4, -0.2) is 60.6 Å². The number of alkyl halides is 18. The van der Waals surface area contributed by atoms with Crippen LogP contribution in [0.2, 0.25) is 0 Å². The molecule has 0 aromatic heterocycles. The molecule has 2 heterocycles. The Labute approximate surface area is 589 Å². The molecule has 3 saturated carbocycles. The maximum atomic E-state index is 13.1. The second-order valence-corrected chi connectivity index (χ2v) is 23.7. The summed E-state index contributed by atoms with van der Waals surface area (Å²) in [5.41, 5.74) is -11.1. The number of rotatable bonds is 15. The van der Waals surface area contributed by atoms with Gasteiger partial charge in [0, 0.05) is 29.1 Å². The van der Waals surface area contributed by atoms with Gasteiger partial charge in [-0.1, -0.05) is 98.4 Å². The molecule has 98 heavy (non-hydrogen) atoms. The molecule has 2 aliphatic heterocycles. The average molecular weight is 1430 g/mol. The first-order chi connectivity index (χ1) is 44.7. The zero-order valence-electron chi connectivity index (χ0n) is 50.4. The number of benzene rings is 6. The van der Waals surface area contributed by atoms with E-state index in [4.69, 9.17) is 26.0 Å². The van der Waals surface area contributed by atoms with E-state index in [1.54, 1.807) is 78.9 Å². The van der Waals surface area contributed by atoms with Gasteiger partial charge in [-0.05, 0) is 114 Å². The fourth-order valence-corrected chi connectivity index (χ4v) is 12.4. The van der Waals surface area contributed by atoms with Gasteiger partial charge in [0.2, 0.25) is 0 Å². The summed E-state index contributed by atoms with van der Waals surface area (Å²) in [6, 6.07) is 29.5. The van der Waals surface area contributed by atoms with Crippen LogP contribution in [0, 0.1) is 11.8 Å². The van der Waals surface area contributed by atoms with E-state index in [-0.39, 0.29) is 158 Å². The van der Waals surface area contributed by atoms with Crippen LogP contribution < -0.4 is 72.7 Å². The van der Waals surface area contributed by atoms with Crippen molar-refractivity contribution in [1.29, 1.82) is 5.26 Å². The van der Waals surface area contributed by atoms with Crippen LogP contribution in [0.15, 0.2) is 146 Å². The summed E-state index contributed by atoms with van der Waals surface area (Å²) in [5.74, 6) is -0.926. The zero-order chi connectivity index (χ0) is 70.7. The smallest absolute Gasteiger partial charge is 0.512 e. The Morgan fingerprint density at radius 2 is 0.592 bits per heavy atom. The minimum absolute atomic E-state index is 0. The van der Waals surface area contributed by atoms with Crippen molar-refractivity contribution < 1.29 is 169 Å². The van der Waals surface area contributed by atoms with Crippen LogP contribution in [0.4, 0.5) is 88.6 Å². The van der Waals surface area contributed by atoms with Crippen molar-refractivity contribution in [3.05, 3.63) is 219 Å². The van der Waals surface area contributed by atoms with Crippen molar-refractivity contribution in [2.75, 3.05) is 19.8 Å². The monoisotopic (exact) mass is 1430 g/mol. The molecule has 6 amide bonds. The van der Waals surface area contributed by atoms with Crippen LogP contribution in [-0.2, 0) is 102 Å².